The molecule has 0 aliphatic heterocycles. The first-order chi connectivity index (χ1) is 17.0. The first kappa shape index (κ1) is 22.9. The van der Waals surface area contributed by atoms with Crippen LogP contribution in [0.4, 0.5) is 5.69 Å². The Morgan fingerprint density at radius 3 is 2.14 bits per heavy atom. The molecule has 35 heavy (non-hydrogen) atoms. The van der Waals surface area contributed by atoms with Crippen molar-refractivity contribution in [2.45, 2.75) is 6.92 Å². The van der Waals surface area contributed by atoms with E-state index in [0.29, 0.717) is 10.7 Å². The van der Waals surface area contributed by atoms with Crippen LogP contribution in [-0.4, -0.2) is 15.7 Å². The van der Waals surface area contributed by atoms with E-state index in [2.05, 4.69) is 34.7 Å². The van der Waals surface area contributed by atoms with E-state index in [-0.39, 0.29) is 16.6 Å². The molecule has 0 saturated carbocycles. The summed E-state index contributed by atoms with van der Waals surface area (Å²) in [7, 11) is 0. The van der Waals surface area contributed by atoms with Crippen LogP contribution in [0.1, 0.15) is 16.1 Å². The maximum Gasteiger partial charge on any atom is 0.276 e. The van der Waals surface area contributed by atoms with Gasteiger partial charge in [0.1, 0.15) is 0 Å². The van der Waals surface area contributed by atoms with Crippen LogP contribution in [0.15, 0.2) is 103 Å². The molecular weight excluding hydrogens is 477 g/mol. The number of amides is 1. The quantitative estimate of drug-likeness (QED) is 0.266. The van der Waals surface area contributed by atoms with Gasteiger partial charge in [0.15, 0.2) is 5.69 Å². The van der Waals surface area contributed by atoms with E-state index in [1.807, 2.05) is 61.5 Å². The van der Waals surface area contributed by atoms with E-state index < -0.39 is 0 Å². The molecule has 0 saturated heterocycles. The van der Waals surface area contributed by atoms with Crippen LogP contribution in [0.2, 0.25) is 10.0 Å². The molecule has 5 rings (SSSR count). The van der Waals surface area contributed by atoms with Gasteiger partial charge in [0.25, 0.3) is 5.91 Å². The lowest BCUT2D eigenvalue weighted by Gasteiger charge is -2.09. The molecule has 0 aliphatic carbocycles. The molecule has 172 valence electrons. The summed E-state index contributed by atoms with van der Waals surface area (Å²) in [6.07, 6.45) is 0. The van der Waals surface area contributed by atoms with Gasteiger partial charge in [-0.25, -0.2) is 4.68 Å². The maximum atomic E-state index is 13.1. The smallest absolute Gasteiger partial charge is 0.276 e. The molecule has 5 aromatic rings. The second-order valence-corrected chi connectivity index (χ2v) is 8.95. The van der Waals surface area contributed by atoms with Crippen molar-refractivity contribution >= 4 is 34.8 Å². The average molecular weight is 498 g/mol. The Morgan fingerprint density at radius 1 is 0.771 bits per heavy atom. The van der Waals surface area contributed by atoms with Gasteiger partial charge < -0.3 is 5.32 Å². The zero-order valence-electron chi connectivity index (χ0n) is 18.9. The molecular formula is C29H21Cl2N3O. The van der Waals surface area contributed by atoms with Gasteiger partial charge in [-0.2, -0.15) is 5.10 Å². The van der Waals surface area contributed by atoms with Crippen molar-refractivity contribution in [3.63, 3.8) is 0 Å². The number of rotatable bonds is 5. The summed E-state index contributed by atoms with van der Waals surface area (Å²) in [6, 6.07) is 33.3. The van der Waals surface area contributed by atoms with Gasteiger partial charge in [-0.3, -0.25) is 4.79 Å². The number of carbonyl (C=O) groups is 1. The molecule has 1 N–H and O–H groups in total. The normalized spacial score (nSPS) is 10.8. The molecule has 6 heteroatoms. The lowest BCUT2D eigenvalue weighted by Crippen LogP contribution is -2.13. The molecule has 0 spiro atoms. The molecule has 0 unspecified atom stereocenters. The van der Waals surface area contributed by atoms with Gasteiger partial charge in [0, 0.05) is 5.56 Å². The largest absolute Gasteiger partial charge is 0.319 e. The second kappa shape index (κ2) is 9.79. The Morgan fingerprint density at radius 2 is 1.43 bits per heavy atom. The third-order valence-corrected chi connectivity index (χ3v) is 6.53. The monoisotopic (exact) mass is 497 g/mol. The molecule has 4 aromatic carbocycles. The fourth-order valence-corrected chi connectivity index (χ4v) is 4.18. The van der Waals surface area contributed by atoms with Crippen LogP contribution >= 0.6 is 23.2 Å². The minimum Gasteiger partial charge on any atom is -0.319 e. The lowest BCUT2D eigenvalue weighted by molar-refractivity contribution is 0.102. The number of carbonyl (C=O) groups excluding carboxylic acids is 1. The Labute approximate surface area is 213 Å². The van der Waals surface area contributed by atoms with Gasteiger partial charge in [-0.15, -0.1) is 0 Å². The van der Waals surface area contributed by atoms with Gasteiger partial charge in [-0.05, 0) is 48.4 Å². The van der Waals surface area contributed by atoms with Crippen LogP contribution in [0.5, 0.6) is 0 Å². The van der Waals surface area contributed by atoms with E-state index in [9.17, 15) is 4.79 Å². The summed E-state index contributed by atoms with van der Waals surface area (Å²) in [5.41, 5.74) is 6.70. The van der Waals surface area contributed by atoms with E-state index >= 15 is 0 Å². The second-order valence-electron chi connectivity index (χ2n) is 8.16. The highest BCUT2D eigenvalue weighted by Gasteiger charge is 2.18. The fourth-order valence-electron chi connectivity index (χ4n) is 3.83. The third-order valence-electron chi connectivity index (χ3n) is 5.71. The Hall–Kier alpha value is -3.86. The average Bonchev–Trinajstić information content (AvgIpc) is 3.34. The number of hydrogen-bond acceptors (Lipinski definition) is 2. The van der Waals surface area contributed by atoms with Crippen molar-refractivity contribution in [1.29, 1.82) is 0 Å². The van der Waals surface area contributed by atoms with E-state index in [0.717, 1.165) is 33.6 Å². The van der Waals surface area contributed by atoms with Crippen LogP contribution in [-0.2, 0) is 0 Å². The number of benzene rings is 4. The highest BCUT2D eigenvalue weighted by molar-refractivity contribution is 6.44. The summed E-state index contributed by atoms with van der Waals surface area (Å²) in [5, 5.41) is 8.12. The fraction of sp³-hybridized carbons (Fsp3) is 0.0345. The van der Waals surface area contributed by atoms with Crippen molar-refractivity contribution in [2.24, 2.45) is 0 Å². The molecule has 0 atom stereocenters. The van der Waals surface area contributed by atoms with Gasteiger partial charge in [-0.1, -0.05) is 102 Å². The van der Waals surface area contributed by atoms with E-state index in [4.69, 9.17) is 23.2 Å². The van der Waals surface area contributed by atoms with Crippen molar-refractivity contribution in [3.8, 4) is 28.1 Å². The van der Waals surface area contributed by atoms with Gasteiger partial charge in [0.05, 0.1) is 27.1 Å². The van der Waals surface area contributed by atoms with Gasteiger partial charge in [0.2, 0.25) is 0 Å². The predicted molar refractivity (Wildman–Crippen MR) is 144 cm³/mol. The first-order valence-corrected chi connectivity index (χ1v) is 11.8. The molecule has 0 fully saturated rings. The summed E-state index contributed by atoms with van der Waals surface area (Å²) in [5.74, 6) is -0.373. The Balaban J connectivity index is 1.54. The molecule has 0 aliphatic rings. The van der Waals surface area contributed by atoms with E-state index in [1.165, 1.54) is 0 Å². The number of aromatic nitrogens is 2. The number of nitrogens with zero attached hydrogens (tertiary/aromatic N) is 2. The van der Waals surface area contributed by atoms with Crippen molar-refractivity contribution in [2.75, 3.05) is 5.32 Å². The standard InChI is InChI=1S/C29H21Cl2N3O/c1-19-10-16-23(17-11-19)34-27(22-14-12-21(13-15-22)20-6-3-2-4-7-20)18-26(33-34)29(35)32-25-9-5-8-24(30)28(25)31/h2-18H,1H3,(H,32,35). The first-order valence-electron chi connectivity index (χ1n) is 11.1. The minimum atomic E-state index is -0.373. The molecule has 0 bridgehead atoms. The summed E-state index contributed by atoms with van der Waals surface area (Å²) >= 11 is 12.4. The molecule has 1 amide bonds. The van der Waals surface area contributed by atoms with E-state index in [1.54, 1.807) is 28.9 Å². The van der Waals surface area contributed by atoms with Crippen LogP contribution in [0.25, 0.3) is 28.1 Å². The SMILES string of the molecule is Cc1ccc(-n2nc(C(=O)Nc3cccc(Cl)c3Cl)cc2-c2ccc(-c3ccccc3)cc2)cc1. The summed E-state index contributed by atoms with van der Waals surface area (Å²) in [6.45, 7) is 2.03. The third kappa shape index (κ3) is 4.85. The number of halogens is 2. The predicted octanol–water partition coefficient (Wildman–Crippen LogP) is 8.07. The number of hydrogen-bond donors (Lipinski definition) is 1. The van der Waals surface area contributed by atoms with Crippen molar-refractivity contribution < 1.29 is 4.79 Å². The zero-order valence-corrected chi connectivity index (χ0v) is 20.4. The zero-order chi connectivity index (χ0) is 24.4. The number of anilines is 1. The topological polar surface area (TPSA) is 46.9 Å². The molecule has 4 nitrogen and oxygen atoms in total. The van der Waals surface area contributed by atoms with Crippen LogP contribution in [0, 0.1) is 6.92 Å². The van der Waals surface area contributed by atoms with Crippen LogP contribution in [0.3, 0.4) is 0 Å². The lowest BCUT2D eigenvalue weighted by atomic mass is 10.0. The Kier molecular flexibility index (Phi) is 6.41. The minimum absolute atomic E-state index is 0.267. The van der Waals surface area contributed by atoms with Crippen LogP contribution < -0.4 is 5.32 Å². The highest BCUT2D eigenvalue weighted by Crippen LogP contribution is 2.31. The van der Waals surface area contributed by atoms with Crippen molar-refractivity contribution in [3.05, 3.63) is 124 Å². The Bertz CT molecular complexity index is 1490. The maximum absolute atomic E-state index is 13.1. The molecule has 0 radical (unpaired) electrons. The van der Waals surface area contributed by atoms with Crippen molar-refractivity contribution in [1.82, 2.24) is 9.78 Å². The number of nitrogens with one attached hydrogen (secondary N) is 1. The highest BCUT2D eigenvalue weighted by atomic mass is 35.5. The molecule has 1 heterocycles. The number of aryl methyl sites for hydroxylation is 1. The van der Waals surface area contributed by atoms with Gasteiger partial charge >= 0.3 is 0 Å². The summed E-state index contributed by atoms with van der Waals surface area (Å²) < 4.78 is 1.78. The summed E-state index contributed by atoms with van der Waals surface area (Å²) in [4.78, 5) is 13.1. The molecule has 1 aromatic heterocycles.